The second-order valence-electron chi connectivity index (χ2n) is 12.3. The summed E-state index contributed by atoms with van der Waals surface area (Å²) in [7, 11) is 0. The molecule has 0 aliphatic carbocycles. The normalized spacial score (nSPS) is 12.0. The highest BCUT2D eigenvalue weighted by Crippen LogP contribution is 2.37. The first-order chi connectivity index (χ1) is 18.4. The molecule has 0 spiro atoms. The average Bonchev–Trinajstić information content (AvgIpc) is 2.77. The number of amides is 2. The number of carbonyl (C=O) groups is 3. The number of imide groups is 1. The van der Waals surface area contributed by atoms with Gasteiger partial charge in [-0.1, -0.05) is 24.3 Å². The molecule has 0 bridgehead atoms. The van der Waals surface area contributed by atoms with Crippen LogP contribution in [0.1, 0.15) is 68.0 Å². The SMILES string of the molecule is CC(C)(C)OC(=O)Cc1cc(Oc2ccc(N(C(=O)OC(C)(C)C)C(=O)OC(C)(C)C)c3ccccc23)ccn1. The van der Waals surface area contributed by atoms with Gasteiger partial charge in [-0.3, -0.25) is 9.78 Å². The van der Waals surface area contributed by atoms with Gasteiger partial charge in [0.15, 0.2) is 0 Å². The number of rotatable bonds is 5. The number of pyridine rings is 1. The van der Waals surface area contributed by atoms with Crippen molar-refractivity contribution in [1.82, 2.24) is 4.98 Å². The summed E-state index contributed by atoms with van der Waals surface area (Å²) in [4.78, 5) is 43.9. The number of nitrogens with zero attached hydrogens (tertiary/aromatic N) is 2. The molecule has 9 heteroatoms. The number of fused-ring (bicyclic) bond motifs is 1. The molecule has 0 unspecified atom stereocenters. The fourth-order valence-electron chi connectivity index (χ4n) is 3.69. The fraction of sp³-hybridized carbons (Fsp3) is 0.419. The van der Waals surface area contributed by atoms with Crippen LogP contribution in [-0.2, 0) is 25.4 Å². The van der Waals surface area contributed by atoms with Gasteiger partial charge in [-0.2, -0.15) is 4.90 Å². The number of aromatic nitrogens is 1. The summed E-state index contributed by atoms with van der Waals surface area (Å²) in [6.45, 7) is 15.7. The third-order valence-corrected chi connectivity index (χ3v) is 5.02. The monoisotopic (exact) mass is 550 g/mol. The maximum atomic E-state index is 13.2. The Kier molecular flexibility index (Phi) is 8.77. The number of anilines is 1. The van der Waals surface area contributed by atoms with Crippen molar-refractivity contribution < 1.29 is 33.3 Å². The minimum absolute atomic E-state index is 0.00507. The fourth-order valence-corrected chi connectivity index (χ4v) is 3.69. The van der Waals surface area contributed by atoms with Crippen molar-refractivity contribution in [3.8, 4) is 11.5 Å². The van der Waals surface area contributed by atoms with E-state index in [1.807, 2.05) is 12.1 Å². The first-order valence-corrected chi connectivity index (χ1v) is 13.0. The number of hydrogen-bond donors (Lipinski definition) is 0. The average molecular weight is 551 g/mol. The molecule has 0 atom stereocenters. The van der Waals surface area contributed by atoms with Gasteiger partial charge >= 0.3 is 18.2 Å². The molecule has 0 aliphatic heterocycles. The van der Waals surface area contributed by atoms with Gasteiger partial charge in [-0.05, 0) is 80.5 Å². The van der Waals surface area contributed by atoms with Crippen LogP contribution < -0.4 is 9.64 Å². The molecule has 1 heterocycles. The molecule has 2 amide bonds. The van der Waals surface area contributed by atoms with Gasteiger partial charge in [0.2, 0.25) is 0 Å². The van der Waals surface area contributed by atoms with Crippen molar-refractivity contribution in [3.05, 3.63) is 60.4 Å². The van der Waals surface area contributed by atoms with E-state index in [4.69, 9.17) is 18.9 Å². The molecular formula is C31H38N2O7. The summed E-state index contributed by atoms with van der Waals surface area (Å²) >= 11 is 0. The zero-order valence-corrected chi connectivity index (χ0v) is 24.7. The summed E-state index contributed by atoms with van der Waals surface area (Å²) in [5.74, 6) is 0.543. The van der Waals surface area contributed by atoms with Crippen molar-refractivity contribution in [3.63, 3.8) is 0 Å². The minimum Gasteiger partial charge on any atom is -0.460 e. The Labute approximate surface area is 235 Å². The third kappa shape index (κ3) is 8.69. The van der Waals surface area contributed by atoms with Crippen LogP contribution in [0.4, 0.5) is 15.3 Å². The van der Waals surface area contributed by atoms with Crippen LogP contribution in [0.3, 0.4) is 0 Å². The van der Waals surface area contributed by atoms with Crippen LogP contribution in [0.15, 0.2) is 54.7 Å². The molecule has 3 aromatic rings. The standard InChI is InChI=1S/C31H38N2O7/c1-29(2,3)38-26(34)19-20-18-21(16-17-32-20)37-25-15-14-24(22-12-10-11-13-23(22)25)33(27(35)39-30(4,5)6)28(36)40-31(7,8)9/h10-18H,19H2,1-9H3. The van der Waals surface area contributed by atoms with E-state index in [0.717, 1.165) is 4.90 Å². The Morgan fingerprint density at radius 3 is 1.82 bits per heavy atom. The van der Waals surface area contributed by atoms with Gasteiger partial charge in [0, 0.05) is 23.0 Å². The van der Waals surface area contributed by atoms with Crippen LogP contribution in [0, 0.1) is 0 Å². The van der Waals surface area contributed by atoms with Crippen LogP contribution in [0.2, 0.25) is 0 Å². The lowest BCUT2D eigenvalue weighted by atomic mass is 10.1. The molecule has 0 radical (unpaired) electrons. The molecule has 3 rings (SSSR count). The predicted octanol–water partition coefficient (Wildman–Crippen LogP) is 7.59. The van der Waals surface area contributed by atoms with Crippen molar-refractivity contribution in [2.45, 2.75) is 85.5 Å². The molecule has 214 valence electrons. The number of ether oxygens (including phenoxy) is 4. The number of benzene rings is 2. The third-order valence-electron chi connectivity index (χ3n) is 5.02. The van der Waals surface area contributed by atoms with E-state index in [9.17, 15) is 14.4 Å². The topological polar surface area (TPSA) is 104 Å². The number of hydrogen-bond acceptors (Lipinski definition) is 8. The second-order valence-corrected chi connectivity index (χ2v) is 12.3. The summed E-state index contributed by atoms with van der Waals surface area (Å²) in [6.07, 6.45) is -0.171. The van der Waals surface area contributed by atoms with Crippen LogP contribution in [0.5, 0.6) is 11.5 Å². The highest BCUT2D eigenvalue weighted by molar-refractivity contribution is 6.15. The molecule has 0 fully saturated rings. The predicted molar refractivity (Wildman–Crippen MR) is 153 cm³/mol. The highest BCUT2D eigenvalue weighted by Gasteiger charge is 2.34. The lowest BCUT2D eigenvalue weighted by molar-refractivity contribution is -0.154. The summed E-state index contributed by atoms with van der Waals surface area (Å²) in [5.41, 5.74) is -1.50. The lowest BCUT2D eigenvalue weighted by Crippen LogP contribution is -2.43. The van der Waals surface area contributed by atoms with E-state index in [-0.39, 0.29) is 12.1 Å². The van der Waals surface area contributed by atoms with Crippen LogP contribution in [-0.4, -0.2) is 39.9 Å². The van der Waals surface area contributed by atoms with E-state index in [1.54, 1.807) is 105 Å². The molecule has 1 aromatic heterocycles. The lowest BCUT2D eigenvalue weighted by Gasteiger charge is -2.29. The van der Waals surface area contributed by atoms with Crippen molar-refractivity contribution >= 4 is 34.6 Å². The quantitative estimate of drug-likeness (QED) is 0.236. The Morgan fingerprint density at radius 2 is 1.27 bits per heavy atom. The molecule has 9 nitrogen and oxygen atoms in total. The Morgan fingerprint density at radius 1 is 0.725 bits per heavy atom. The minimum atomic E-state index is -0.860. The second kappa shape index (κ2) is 11.5. The zero-order valence-electron chi connectivity index (χ0n) is 24.7. The molecule has 0 saturated heterocycles. The Hall–Kier alpha value is -4.14. The van der Waals surface area contributed by atoms with Gasteiger partial charge in [-0.15, -0.1) is 0 Å². The van der Waals surface area contributed by atoms with Gasteiger partial charge < -0.3 is 18.9 Å². The van der Waals surface area contributed by atoms with Gasteiger partial charge in [0.05, 0.1) is 17.8 Å². The van der Waals surface area contributed by atoms with E-state index < -0.39 is 35.0 Å². The smallest absolute Gasteiger partial charge is 0.424 e. The summed E-state index contributed by atoms with van der Waals surface area (Å²) in [6, 6.07) is 13.8. The van der Waals surface area contributed by atoms with Crippen LogP contribution in [0.25, 0.3) is 10.8 Å². The molecule has 0 N–H and O–H groups in total. The number of carbonyl (C=O) groups excluding carboxylic acids is 3. The van der Waals surface area contributed by atoms with Gasteiger partial charge in [0.25, 0.3) is 0 Å². The van der Waals surface area contributed by atoms with E-state index in [0.29, 0.717) is 28.0 Å². The van der Waals surface area contributed by atoms with Gasteiger partial charge in [0.1, 0.15) is 28.3 Å². The van der Waals surface area contributed by atoms with E-state index in [1.165, 1.54) is 0 Å². The maximum Gasteiger partial charge on any atom is 0.424 e. The molecule has 0 saturated carbocycles. The maximum absolute atomic E-state index is 13.2. The molecular weight excluding hydrogens is 512 g/mol. The van der Waals surface area contributed by atoms with E-state index in [2.05, 4.69) is 4.98 Å². The summed E-state index contributed by atoms with van der Waals surface area (Å²) in [5, 5.41) is 1.21. The zero-order chi connectivity index (χ0) is 29.9. The molecule has 0 aliphatic rings. The first-order valence-electron chi connectivity index (χ1n) is 13.0. The largest absolute Gasteiger partial charge is 0.460 e. The Balaban J connectivity index is 1.99. The molecule has 2 aromatic carbocycles. The van der Waals surface area contributed by atoms with Crippen molar-refractivity contribution in [2.75, 3.05) is 4.90 Å². The first kappa shape index (κ1) is 30.4. The number of esters is 1. The summed E-state index contributed by atoms with van der Waals surface area (Å²) < 4.78 is 22.7. The molecule has 40 heavy (non-hydrogen) atoms. The van der Waals surface area contributed by atoms with Crippen LogP contribution >= 0.6 is 0 Å². The van der Waals surface area contributed by atoms with Gasteiger partial charge in [-0.25, -0.2) is 9.59 Å². The highest BCUT2D eigenvalue weighted by atomic mass is 16.6. The van der Waals surface area contributed by atoms with E-state index >= 15 is 0 Å². The van der Waals surface area contributed by atoms with Crippen molar-refractivity contribution in [1.29, 1.82) is 0 Å². The Bertz CT molecular complexity index is 1370. The van der Waals surface area contributed by atoms with Crippen molar-refractivity contribution in [2.24, 2.45) is 0 Å².